The zero-order chi connectivity index (χ0) is 41.2. The van der Waals surface area contributed by atoms with Crippen molar-refractivity contribution in [2.45, 2.75) is 83.1 Å². The van der Waals surface area contributed by atoms with Crippen LogP contribution in [0.1, 0.15) is 66.8 Å². The predicted molar refractivity (Wildman–Crippen MR) is 262 cm³/mol. The Balaban J connectivity index is 1.43. The van der Waals surface area contributed by atoms with Gasteiger partial charge in [0.05, 0.1) is 9.75 Å². The van der Waals surface area contributed by atoms with Gasteiger partial charge in [0.15, 0.2) is 0 Å². The van der Waals surface area contributed by atoms with Crippen molar-refractivity contribution in [3.8, 4) is 29.5 Å². The molecule has 4 heterocycles. The predicted octanol–water partition coefficient (Wildman–Crippen LogP) is 10.5. The molecule has 8 heteroatoms. The molecule has 2 nitrogen and oxygen atoms in total. The number of hydrogen-bond donors (Lipinski definition) is 0. The summed E-state index contributed by atoms with van der Waals surface area (Å²) in [6.45, 7) is 27.3. The SMILES string of the molecule is Cc1cc(C)c(B(c2cc(-c3cc(B(c4c(C)cc(C)cc4C)c4c(C)cc(C)cc4C)c(-c4nccs4)s3)sc2-c2nccs2)c2c(C)cc(C)cc2C)c(C)c1. The minimum atomic E-state index is 0.0476. The van der Waals surface area contributed by atoms with Gasteiger partial charge in [0.25, 0.3) is 0 Å². The smallest absolute Gasteiger partial charge is 0.244 e. The molecule has 0 N–H and O–H groups in total. The molecule has 4 aromatic heterocycles. The van der Waals surface area contributed by atoms with Crippen molar-refractivity contribution < 1.29 is 0 Å². The summed E-state index contributed by atoms with van der Waals surface area (Å²) >= 11 is 7.27. The molecular weight excluding hydrogens is 778 g/mol. The minimum Gasteiger partial charge on any atom is -0.244 e. The second-order valence-electron chi connectivity index (χ2n) is 16.6. The lowest BCUT2D eigenvalue weighted by Crippen LogP contribution is -2.56. The molecular formula is C50H50B2N2S4. The highest BCUT2D eigenvalue weighted by molar-refractivity contribution is 7.30. The quantitative estimate of drug-likeness (QED) is 0.136. The first-order valence-corrected chi connectivity index (χ1v) is 23.5. The van der Waals surface area contributed by atoms with Gasteiger partial charge in [-0.1, -0.05) is 137 Å². The lowest BCUT2D eigenvalue weighted by Gasteiger charge is -2.24. The van der Waals surface area contributed by atoms with Crippen LogP contribution in [0.5, 0.6) is 0 Å². The van der Waals surface area contributed by atoms with Gasteiger partial charge < -0.3 is 0 Å². The average Bonchev–Trinajstić information content (AvgIpc) is 3.96. The fraction of sp³-hybridized carbons (Fsp3) is 0.240. The molecule has 0 saturated heterocycles. The lowest BCUT2D eigenvalue weighted by atomic mass is 9.34. The number of nitrogens with zero attached hydrogens (tertiary/aromatic N) is 2. The van der Waals surface area contributed by atoms with Gasteiger partial charge in [-0.2, -0.15) is 0 Å². The van der Waals surface area contributed by atoms with Gasteiger partial charge in [0.1, 0.15) is 10.0 Å². The Labute approximate surface area is 362 Å². The normalized spacial score (nSPS) is 11.4. The monoisotopic (exact) mass is 828 g/mol. The largest absolute Gasteiger partial charge is 0.244 e. The molecule has 0 aliphatic carbocycles. The van der Waals surface area contributed by atoms with Gasteiger partial charge in [0.2, 0.25) is 13.4 Å². The molecule has 0 saturated carbocycles. The van der Waals surface area contributed by atoms with Crippen molar-refractivity contribution in [1.82, 2.24) is 9.97 Å². The number of thiazole rings is 2. The zero-order valence-corrected chi connectivity index (χ0v) is 39.0. The molecule has 0 amide bonds. The molecule has 0 atom stereocenters. The van der Waals surface area contributed by atoms with Crippen LogP contribution in [0.15, 0.2) is 83.8 Å². The summed E-state index contributed by atoms with van der Waals surface area (Å²) in [6.07, 6.45) is 3.91. The fourth-order valence-corrected chi connectivity index (χ4v) is 14.0. The van der Waals surface area contributed by atoms with Crippen molar-refractivity contribution in [2.24, 2.45) is 0 Å². The summed E-state index contributed by atoms with van der Waals surface area (Å²) in [5.74, 6) is 0. The molecule has 58 heavy (non-hydrogen) atoms. The Morgan fingerprint density at radius 3 is 0.845 bits per heavy atom. The van der Waals surface area contributed by atoms with Gasteiger partial charge in [-0.15, -0.1) is 45.3 Å². The van der Waals surface area contributed by atoms with Crippen molar-refractivity contribution in [3.63, 3.8) is 0 Å². The van der Waals surface area contributed by atoms with Crippen LogP contribution in [0, 0.1) is 83.1 Å². The maximum Gasteiger partial charge on any atom is 0.244 e. The van der Waals surface area contributed by atoms with Crippen molar-refractivity contribution in [3.05, 3.63) is 151 Å². The molecule has 0 spiro atoms. The Morgan fingerprint density at radius 1 is 0.362 bits per heavy atom. The minimum absolute atomic E-state index is 0.0476. The van der Waals surface area contributed by atoms with Crippen LogP contribution in [-0.2, 0) is 0 Å². The number of hydrogen-bond acceptors (Lipinski definition) is 6. The van der Waals surface area contributed by atoms with Crippen LogP contribution in [0.4, 0.5) is 0 Å². The van der Waals surface area contributed by atoms with Gasteiger partial charge >= 0.3 is 0 Å². The third kappa shape index (κ3) is 7.42. The van der Waals surface area contributed by atoms with E-state index in [-0.39, 0.29) is 13.4 Å². The lowest BCUT2D eigenvalue weighted by molar-refractivity contribution is 1.34. The maximum absolute atomic E-state index is 4.99. The number of aryl methyl sites for hydroxylation is 12. The molecule has 0 unspecified atom stereocenters. The molecule has 290 valence electrons. The van der Waals surface area contributed by atoms with E-state index in [0.29, 0.717) is 0 Å². The van der Waals surface area contributed by atoms with Gasteiger partial charge in [-0.25, -0.2) is 9.97 Å². The molecule has 8 aromatic rings. The van der Waals surface area contributed by atoms with Gasteiger partial charge in [0, 0.05) is 32.9 Å². The first-order valence-electron chi connectivity index (χ1n) is 20.1. The van der Waals surface area contributed by atoms with Crippen LogP contribution < -0.4 is 32.8 Å². The van der Waals surface area contributed by atoms with E-state index in [1.165, 1.54) is 119 Å². The van der Waals surface area contributed by atoms with Crippen LogP contribution in [0.25, 0.3) is 29.5 Å². The summed E-state index contributed by atoms with van der Waals surface area (Å²) in [7, 11) is 0. The van der Waals surface area contributed by atoms with E-state index in [2.05, 4.69) is 155 Å². The molecule has 4 aromatic carbocycles. The van der Waals surface area contributed by atoms with E-state index in [1.54, 1.807) is 22.7 Å². The standard InChI is InChI=1S/C50H50B2N2S4/c1-27-17-31(5)43(32(6)18-27)51(44-33(7)19-28(2)20-34(44)8)39-25-41(57-47(39)49-53-13-15-55-49)42-26-40(48(58-42)50-54-14-16-56-50)52(45-35(9)21-29(3)22-36(45)10)46-37(11)23-30(4)24-38(46)12/h13-26H,1-12H3. The first kappa shape index (κ1) is 40.4. The van der Waals surface area contributed by atoms with Crippen molar-refractivity contribution in [2.75, 3.05) is 0 Å². The highest BCUT2D eigenvalue weighted by Crippen LogP contribution is 2.40. The van der Waals surface area contributed by atoms with Crippen molar-refractivity contribution in [1.29, 1.82) is 0 Å². The summed E-state index contributed by atoms with van der Waals surface area (Å²) in [5, 5.41) is 6.39. The van der Waals surface area contributed by atoms with Gasteiger partial charge in [-0.3, -0.25) is 0 Å². The molecule has 8 rings (SSSR count). The Bertz CT molecular complexity index is 2420. The third-order valence-electron chi connectivity index (χ3n) is 11.7. The van der Waals surface area contributed by atoms with E-state index < -0.39 is 0 Å². The summed E-state index contributed by atoms with van der Waals surface area (Å²) in [4.78, 5) is 15.0. The van der Waals surface area contributed by atoms with Crippen molar-refractivity contribution >= 4 is 91.5 Å². The second-order valence-corrected chi connectivity index (χ2v) is 20.5. The second kappa shape index (κ2) is 16.0. The van der Waals surface area contributed by atoms with Gasteiger partial charge in [-0.05, 0) is 106 Å². The molecule has 0 aliphatic rings. The number of benzene rings is 4. The summed E-state index contributed by atoms with van der Waals surface area (Å²) in [5.41, 5.74) is 24.1. The number of aromatic nitrogens is 2. The highest BCUT2D eigenvalue weighted by atomic mass is 32.1. The summed E-state index contributed by atoms with van der Waals surface area (Å²) < 4.78 is 0. The average molecular weight is 829 g/mol. The molecule has 0 bridgehead atoms. The Kier molecular flexibility index (Phi) is 11.2. The summed E-state index contributed by atoms with van der Waals surface area (Å²) in [6, 6.07) is 23.9. The molecule has 0 fully saturated rings. The van der Waals surface area contributed by atoms with E-state index in [0.717, 1.165) is 10.0 Å². The maximum atomic E-state index is 4.99. The van der Waals surface area contributed by atoms with E-state index in [1.807, 2.05) is 35.1 Å². The van der Waals surface area contributed by atoms with Crippen LogP contribution in [0.3, 0.4) is 0 Å². The van der Waals surface area contributed by atoms with E-state index in [9.17, 15) is 0 Å². The van der Waals surface area contributed by atoms with Crippen LogP contribution in [0.2, 0.25) is 0 Å². The number of rotatable bonds is 9. The fourth-order valence-electron chi connectivity index (χ4n) is 9.98. The number of thiophene rings is 2. The Hall–Kier alpha value is -4.33. The van der Waals surface area contributed by atoms with E-state index in [4.69, 9.17) is 9.97 Å². The van der Waals surface area contributed by atoms with E-state index >= 15 is 0 Å². The van der Waals surface area contributed by atoms with Crippen LogP contribution in [-0.4, -0.2) is 23.4 Å². The third-order valence-corrected chi connectivity index (χ3v) is 16.1. The Morgan fingerprint density at radius 2 is 0.621 bits per heavy atom. The highest BCUT2D eigenvalue weighted by Gasteiger charge is 2.36. The first-order chi connectivity index (χ1) is 27.7. The molecule has 0 radical (unpaired) electrons. The zero-order valence-electron chi connectivity index (χ0n) is 35.8. The molecule has 0 aliphatic heterocycles. The van der Waals surface area contributed by atoms with Crippen LogP contribution >= 0.6 is 45.3 Å². The topological polar surface area (TPSA) is 25.8 Å².